The highest BCUT2D eigenvalue weighted by Crippen LogP contribution is 2.32. The molecule has 102 valence electrons. The molecule has 3 nitrogen and oxygen atoms in total. The fourth-order valence-electron chi connectivity index (χ4n) is 3.10. The fraction of sp³-hybridized carbons (Fsp3) is 1.00. The molecule has 0 spiro atoms. The Balaban J connectivity index is 2.80. The van der Waals surface area contributed by atoms with E-state index in [4.69, 9.17) is 10.5 Å². The molecule has 1 rings (SSSR count). The maximum absolute atomic E-state index is 6.01. The highest BCUT2D eigenvalue weighted by atomic mass is 16.5. The first kappa shape index (κ1) is 14.9. The summed E-state index contributed by atoms with van der Waals surface area (Å²) in [4.78, 5) is 2.48. The average Bonchev–Trinajstić information content (AvgIpc) is 2.36. The standard InChI is InChI=1S/C14H30N2O/c1-11-8-6-7-9-13(11)16(4)14(3,10-15)12(2)17-5/h11-13H,6-10,15H2,1-5H3. The van der Waals surface area contributed by atoms with E-state index in [1.807, 2.05) is 0 Å². The van der Waals surface area contributed by atoms with E-state index in [0.29, 0.717) is 12.6 Å². The highest BCUT2D eigenvalue weighted by molar-refractivity contribution is 4.96. The third-order valence-electron chi connectivity index (χ3n) is 5.01. The minimum atomic E-state index is -0.0645. The zero-order chi connectivity index (χ0) is 13.1. The van der Waals surface area contributed by atoms with E-state index in [-0.39, 0.29) is 11.6 Å². The molecule has 0 amide bonds. The first-order valence-corrected chi connectivity index (χ1v) is 6.93. The van der Waals surface area contributed by atoms with Crippen molar-refractivity contribution in [3.05, 3.63) is 0 Å². The summed E-state index contributed by atoms with van der Waals surface area (Å²) >= 11 is 0. The summed E-state index contributed by atoms with van der Waals surface area (Å²) < 4.78 is 5.53. The van der Waals surface area contributed by atoms with Crippen molar-refractivity contribution in [2.75, 3.05) is 20.7 Å². The molecule has 1 fully saturated rings. The number of rotatable bonds is 5. The van der Waals surface area contributed by atoms with Gasteiger partial charge in [0.2, 0.25) is 0 Å². The topological polar surface area (TPSA) is 38.5 Å². The number of nitrogens with zero attached hydrogens (tertiary/aromatic N) is 1. The van der Waals surface area contributed by atoms with Crippen molar-refractivity contribution in [2.24, 2.45) is 11.7 Å². The van der Waals surface area contributed by atoms with Crippen molar-refractivity contribution >= 4 is 0 Å². The van der Waals surface area contributed by atoms with Crippen LogP contribution in [0.2, 0.25) is 0 Å². The molecule has 0 aromatic heterocycles. The van der Waals surface area contributed by atoms with Crippen molar-refractivity contribution in [2.45, 2.75) is 64.1 Å². The Labute approximate surface area is 107 Å². The van der Waals surface area contributed by atoms with Crippen LogP contribution >= 0.6 is 0 Å². The molecular formula is C14H30N2O. The Morgan fingerprint density at radius 3 is 2.47 bits per heavy atom. The molecule has 17 heavy (non-hydrogen) atoms. The van der Waals surface area contributed by atoms with Crippen LogP contribution in [0, 0.1) is 5.92 Å². The predicted molar refractivity (Wildman–Crippen MR) is 73.1 cm³/mol. The summed E-state index contributed by atoms with van der Waals surface area (Å²) in [6, 6.07) is 0.648. The van der Waals surface area contributed by atoms with Gasteiger partial charge in [0, 0.05) is 19.7 Å². The van der Waals surface area contributed by atoms with Crippen LogP contribution in [-0.2, 0) is 4.74 Å². The first-order chi connectivity index (χ1) is 7.97. The van der Waals surface area contributed by atoms with Gasteiger partial charge in [-0.25, -0.2) is 0 Å². The van der Waals surface area contributed by atoms with Gasteiger partial charge in [0.1, 0.15) is 0 Å². The van der Waals surface area contributed by atoms with Crippen molar-refractivity contribution < 1.29 is 4.74 Å². The molecule has 4 atom stereocenters. The third kappa shape index (κ3) is 3.01. The molecule has 0 aromatic carbocycles. The molecule has 2 N–H and O–H groups in total. The monoisotopic (exact) mass is 242 g/mol. The van der Waals surface area contributed by atoms with E-state index < -0.39 is 0 Å². The van der Waals surface area contributed by atoms with Crippen LogP contribution in [0.15, 0.2) is 0 Å². The van der Waals surface area contributed by atoms with Crippen LogP contribution in [-0.4, -0.2) is 43.3 Å². The summed E-state index contributed by atoms with van der Waals surface area (Å²) in [6.07, 6.45) is 5.53. The lowest BCUT2D eigenvalue weighted by Crippen LogP contribution is -2.61. The molecule has 0 radical (unpaired) electrons. The van der Waals surface area contributed by atoms with Crippen molar-refractivity contribution in [1.29, 1.82) is 0 Å². The number of ether oxygens (including phenoxy) is 1. The van der Waals surface area contributed by atoms with Crippen LogP contribution < -0.4 is 5.73 Å². The lowest BCUT2D eigenvalue weighted by Gasteiger charge is -2.49. The van der Waals surface area contributed by atoms with Crippen LogP contribution in [0.4, 0.5) is 0 Å². The molecule has 3 heteroatoms. The quantitative estimate of drug-likeness (QED) is 0.803. The Kier molecular flexibility index (Phi) is 5.42. The van der Waals surface area contributed by atoms with E-state index in [0.717, 1.165) is 5.92 Å². The second-order valence-electron chi connectivity index (χ2n) is 5.88. The number of hydrogen-bond acceptors (Lipinski definition) is 3. The summed E-state index contributed by atoms with van der Waals surface area (Å²) in [5.74, 6) is 0.767. The maximum Gasteiger partial charge on any atom is 0.0736 e. The van der Waals surface area contributed by atoms with Gasteiger partial charge in [-0.3, -0.25) is 4.90 Å². The molecule has 1 aliphatic rings. The predicted octanol–water partition coefficient (Wildman–Crippen LogP) is 2.25. The molecule has 1 aliphatic carbocycles. The van der Waals surface area contributed by atoms with Gasteiger partial charge in [0.15, 0.2) is 0 Å². The largest absolute Gasteiger partial charge is 0.380 e. The number of nitrogens with two attached hydrogens (primary N) is 1. The molecule has 0 heterocycles. The average molecular weight is 242 g/mol. The van der Waals surface area contributed by atoms with Gasteiger partial charge in [-0.15, -0.1) is 0 Å². The van der Waals surface area contributed by atoms with E-state index in [1.165, 1.54) is 25.7 Å². The normalized spacial score (nSPS) is 31.2. The number of likely N-dealkylation sites (N-methyl/N-ethyl adjacent to an activating group) is 1. The van der Waals surface area contributed by atoms with Crippen molar-refractivity contribution in [3.63, 3.8) is 0 Å². The van der Waals surface area contributed by atoms with E-state index in [2.05, 4.69) is 32.7 Å². The zero-order valence-electron chi connectivity index (χ0n) is 12.2. The summed E-state index contributed by atoms with van der Waals surface area (Å²) in [5, 5.41) is 0. The molecule has 0 bridgehead atoms. The van der Waals surface area contributed by atoms with Gasteiger partial charge < -0.3 is 10.5 Å². The molecule has 0 saturated heterocycles. The number of hydrogen-bond donors (Lipinski definition) is 1. The van der Waals surface area contributed by atoms with E-state index >= 15 is 0 Å². The Morgan fingerprint density at radius 2 is 2.00 bits per heavy atom. The second kappa shape index (κ2) is 6.17. The minimum absolute atomic E-state index is 0.0645. The van der Waals surface area contributed by atoms with Gasteiger partial charge in [-0.2, -0.15) is 0 Å². The van der Waals surface area contributed by atoms with Crippen LogP contribution in [0.25, 0.3) is 0 Å². The van der Waals surface area contributed by atoms with Gasteiger partial charge in [0.25, 0.3) is 0 Å². The maximum atomic E-state index is 6.01. The molecule has 0 aromatic rings. The SMILES string of the molecule is COC(C)C(C)(CN)N(C)C1CCCCC1C. The van der Waals surface area contributed by atoms with Crippen molar-refractivity contribution in [1.82, 2.24) is 4.90 Å². The van der Waals surface area contributed by atoms with Crippen LogP contribution in [0.1, 0.15) is 46.5 Å². The van der Waals surface area contributed by atoms with Crippen LogP contribution in [0.3, 0.4) is 0 Å². The first-order valence-electron chi connectivity index (χ1n) is 6.93. The van der Waals surface area contributed by atoms with E-state index in [1.54, 1.807) is 7.11 Å². The zero-order valence-corrected chi connectivity index (χ0v) is 12.2. The summed E-state index contributed by atoms with van der Waals surface area (Å²) in [6.45, 7) is 7.36. The second-order valence-corrected chi connectivity index (χ2v) is 5.88. The van der Waals surface area contributed by atoms with Gasteiger partial charge >= 0.3 is 0 Å². The van der Waals surface area contributed by atoms with Gasteiger partial charge in [0.05, 0.1) is 11.6 Å². The molecule has 1 saturated carbocycles. The molecule has 4 unspecified atom stereocenters. The Morgan fingerprint density at radius 1 is 1.41 bits per heavy atom. The van der Waals surface area contributed by atoms with E-state index in [9.17, 15) is 0 Å². The Hall–Kier alpha value is -0.120. The molecular weight excluding hydrogens is 212 g/mol. The lowest BCUT2D eigenvalue weighted by atomic mass is 9.81. The Bertz CT molecular complexity index is 234. The van der Waals surface area contributed by atoms with Gasteiger partial charge in [-0.1, -0.05) is 19.8 Å². The fourth-order valence-corrected chi connectivity index (χ4v) is 3.10. The smallest absolute Gasteiger partial charge is 0.0736 e. The third-order valence-corrected chi connectivity index (χ3v) is 5.01. The highest BCUT2D eigenvalue weighted by Gasteiger charge is 2.40. The summed E-state index contributed by atoms with van der Waals surface area (Å²) in [5.41, 5.74) is 5.95. The van der Waals surface area contributed by atoms with Crippen molar-refractivity contribution in [3.8, 4) is 0 Å². The minimum Gasteiger partial charge on any atom is -0.380 e. The lowest BCUT2D eigenvalue weighted by molar-refractivity contribution is -0.0536. The molecule has 0 aliphatic heterocycles. The number of methoxy groups -OCH3 is 1. The van der Waals surface area contributed by atoms with Gasteiger partial charge in [-0.05, 0) is 39.7 Å². The summed E-state index contributed by atoms with van der Waals surface area (Å²) in [7, 11) is 3.99. The van der Waals surface area contributed by atoms with Crippen LogP contribution in [0.5, 0.6) is 0 Å².